The second-order valence-corrected chi connectivity index (χ2v) is 4.86. The van der Waals surface area contributed by atoms with Crippen LogP contribution in [0, 0.1) is 11.3 Å². The molecule has 0 aliphatic rings. The van der Waals surface area contributed by atoms with Crippen molar-refractivity contribution >= 4 is 17.4 Å². The smallest absolute Gasteiger partial charge is 0.253 e. The largest absolute Gasteiger partial charge is 0.382 e. The van der Waals surface area contributed by atoms with Crippen molar-refractivity contribution in [2.45, 2.75) is 26.4 Å². The summed E-state index contributed by atoms with van der Waals surface area (Å²) in [6, 6.07) is 9.00. The number of nitrogens with one attached hydrogen (secondary N) is 1. The van der Waals surface area contributed by atoms with Crippen molar-refractivity contribution in [2.24, 2.45) is 0 Å². The minimum Gasteiger partial charge on any atom is -0.382 e. The minimum atomic E-state index is -0.459. The van der Waals surface area contributed by atoms with Gasteiger partial charge in [-0.2, -0.15) is 10.4 Å². The number of ether oxygens (including phenoxy) is 1. The van der Waals surface area contributed by atoms with Gasteiger partial charge in [0.25, 0.3) is 5.91 Å². The van der Waals surface area contributed by atoms with Crippen molar-refractivity contribution in [3.05, 3.63) is 36.0 Å². The van der Waals surface area contributed by atoms with Crippen LogP contribution in [0.3, 0.4) is 0 Å². The number of carbonyl (C=O) groups excluding carboxylic acids is 1. The molecule has 0 bridgehead atoms. The molecule has 0 aliphatic heterocycles. The maximum Gasteiger partial charge on any atom is 0.253 e. The van der Waals surface area contributed by atoms with E-state index in [9.17, 15) is 4.79 Å². The van der Waals surface area contributed by atoms with Crippen LogP contribution in [0.15, 0.2) is 30.5 Å². The summed E-state index contributed by atoms with van der Waals surface area (Å²) >= 11 is 0. The predicted molar refractivity (Wildman–Crippen MR) is 87.0 cm³/mol. The van der Waals surface area contributed by atoms with Crippen LogP contribution in [0.2, 0.25) is 0 Å². The zero-order valence-corrected chi connectivity index (χ0v) is 13.1. The van der Waals surface area contributed by atoms with Gasteiger partial charge in [-0.15, -0.1) is 0 Å². The minimum absolute atomic E-state index is 0.174. The number of nitrogens with zero attached hydrogens (tertiary/aromatic N) is 3. The van der Waals surface area contributed by atoms with Crippen molar-refractivity contribution in [2.75, 3.05) is 17.7 Å². The van der Waals surface area contributed by atoms with Crippen molar-refractivity contribution < 1.29 is 9.53 Å². The highest BCUT2D eigenvalue weighted by Crippen LogP contribution is 2.18. The number of aromatic nitrogens is 2. The summed E-state index contributed by atoms with van der Waals surface area (Å²) in [5.41, 5.74) is 7.53. The number of nitriles is 1. The van der Waals surface area contributed by atoms with Crippen molar-refractivity contribution in [3.8, 4) is 11.8 Å². The van der Waals surface area contributed by atoms with Crippen LogP contribution in [0.25, 0.3) is 5.69 Å². The molecule has 2 aromatic rings. The summed E-state index contributed by atoms with van der Waals surface area (Å²) in [4.78, 5) is 12.1. The fourth-order valence-corrected chi connectivity index (χ4v) is 2.14. The number of rotatable bonds is 6. The zero-order chi connectivity index (χ0) is 16.8. The van der Waals surface area contributed by atoms with Crippen molar-refractivity contribution in [1.82, 2.24) is 9.78 Å². The van der Waals surface area contributed by atoms with Gasteiger partial charge in [0.05, 0.1) is 11.9 Å². The van der Waals surface area contributed by atoms with E-state index in [4.69, 9.17) is 15.7 Å². The Kier molecular flexibility index (Phi) is 5.33. The number of hydrogen-bond acceptors (Lipinski definition) is 5. The molecule has 1 heterocycles. The Bertz CT molecular complexity index is 715. The van der Waals surface area contributed by atoms with E-state index in [0.29, 0.717) is 30.0 Å². The molecule has 23 heavy (non-hydrogen) atoms. The van der Waals surface area contributed by atoms with Crippen molar-refractivity contribution in [3.63, 3.8) is 0 Å². The molecule has 0 saturated carbocycles. The molecule has 1 aromatic heterocycles. The molecule has 120 valence electrons. The second-order valence-electron chi connectivity index (χ2n) is 4.86. The summed E-state index contributed by atoms with van der Waals surface area (Å²) in [5, 5.41) is 15.8. The van der Waals surface area contributed by atoms with Gasteiger partial charge in [-0.25, -0.2) is 4.68 Å². The third kappa shape index (κ3) is 3.67. The molecule has 0 saturated heterocycles. The van der Waals surface area contributed by atoms with Gasteiger partial charge in [0.2, 0.25) is 0 Å². The molecule has 1 atom stereocenters. The van der Waals surface area contributed by atoms with Crippen LogP contribution in [0.4, 0.5) is 11.5 Å². The van der Waals surface area contributed by atoms with E-state index in [0.717, 1.165) is 0 Å². The number of nitrogens with two attached hydrogens (primary N) is 1. The van der Waals surface area contributed by atoms with Crippen LogP contribution in [-0.2, 0) is 9.53 Å². The highest BCUT2D eigenvalue weighted by molar-refractivity contribution is 5.94. The third-order valence-corrected chi connectivity index (χ3v) is 3.34. The fraction of sp³-hybridized carbons (Fsp3) is 0.312. The molecular weight excluding hydrogens is 294 g/mol. The zero-order valence-electron chi connectivity index (χ0n) is 13.1. The number of nitrogen functional groups attached to an aromatic ring is 1. The van der Waals surface area contributed by atoms with E-state index in [1.54, 1.807) is 24.3 Å². The van der Waals surface area contributed by atoms with E-state index < -0.39 is 6.10 Å². The Hall–Kier alpha value is -2.85. The van der Waals surface area contributed by atoms with Gasteiger partial charge in [-0.3, -0.25) is 4.79 Å². The predicted octanol–water partition coefficient (Wildman–Crippen LogP) is 2.08. The maximum absolute atomic E-state index is 12.1. The molecule has 2 rings (SSSR count). The lowest BCUT2D eigenvalue weighted by molar-refractivity contribution is -0.127. The third-order valence-electron chi connectivity index (χ3n) is 3.34. The molecule has 0 radical (unpaired) electrons. The number of benzene rings is 1. The first-order valence-corrected chi connectivity index (χ1v) is 7.37. The lowest BCUT2D eigenvalue weighted by atomic mass is 10.2. The quantitative estimate of drug-likeness (QED) is 0.849. The van der Waals surface area contributed by atoms with Crippen LogP contribution >= 0.6 is 0 Å². The van der Waals surface area contributed by atoms with E-state index in [1.165, 1.54) is 10.9 Å². The number of anilines is 2. The van der Waals surface area contributed by atoms with Crippen LogP contribution in [0.1, 0.15) is 25.8 Å². The Morgan fingerprint density at radius 3 is 2.65 bits per heavy atom. The Balaban J connectivity index is 2.12. The highest BCUT2D eigenvalue weighted by Gasteiger charge is 2.16. The van der Waals surface area contributed by atoms with Crippen LogP contribution in [-0.4, -0.2) is 28.4 Å². The molecule has 7 heteroatoms. The average molecular weight is 313 g/mol. The summed E-state index contributed by atoms with van der Waals surface area (Å²) < 4.78 is 6.85. The Morgan fingerprint density at radius 1 is 1.43 bits per heavy atom. The molecule has 3 N–H and O–H groups in total. The maximum atomic E-state index is 12.1. The molecule has 1 aromatic carbocycles. The molecule has 0 unspecified atom stereocenters. The van der Waals surface area contributed by atoms with E-state index >= 15 is 0 Å². The molecule has 0 fully saturated rings. The Morgan fingerprint density at radius 2 is 2.13 bits per heavy atom. The first kappa shape index (κ1) is 16.5. The SMILES string of the molecule is CCO[C@@H](CC)C(=O)Nc1ccc(-n2ncc(C#N)c2N)cc1. The standard InChI is InChI=1S/C16H19N5O2/c1-3-14(23-4-2)16(22)20-12-5-7-13(8-6-12)21-15(18)11(9-17)10-19-21/h5-8,10,14H,3-4,18H2,1-2H3,(H,20,22)/t14-/m0/s1. The summed E-state index contributed by atoms with van der Waals surface area (Å²) in [7, 11) is 0. The first-order valence-electron chi connectivity index (χ1n) is 7.37. The number of hydrogen-bond donors (Lipinski definition) is 2. The fourth-order valence-electron chi connectivity index (χ4n) is 2.14. The van der Waals surface area contributed by atoms with Crippen LogP contribution in [0.5, 0.6) is 0 Å². The molecule has 0 aliphatic carbocycles. The lowest BCUT2D eigenvalue weighted by Gasteiger charge is -2.15. The Labute approximate surface area is 134 Å². The van der Waals surface area contributed by atoms with Gasteiger partial charge in [-0.05, 0) is 37.6 Å². The first-order chi connectivity index (χ1) is 11.1. The van der Waals surface area contributed by atoms with Crippen LogP contribution < -0.4 is 11.1 Å². The topological polar surface area (TPSA) is 106 Å². The summed E-state index contributed by atoms with van der Waals surface area (Å²) in [6.07, 6.45) is 1.57. The van der Waals surface area contributed by atoms with E-state index in [1.807, 2.05) is 19.9 Å². The monoisotopic (exact) mass is 313 g/mol. The normalized spacial score (nSPS) is 11.7. The number of amides is 1. The second kappa shape index (κ2) is 7.42. The van der Waals surface area contributed by atoms with Gasteiger partial charge in [-0.1, -0.05) is 6.92 Å². The molecule has 1 amide bonds. The molecule has 0 spiro atoms. The molecular formula is C16H19N5O2. The van der Waals surface area contributed by atoms with Gasteiger partial charge in [0.1, 0.15) is 23.6 Å². The lowest BCUT2D eigenvalue weighted by Crippen LogP contribution is -2.29. The van der Waals surface area contributed by atoms with Crippen molar-refractivity contribution in [1.29, 1.82) is 5.26 Å². The van der Waals surface area contributed by atoms with Gasteiger partial charge in [0.15, 0.2) is 0 Å². The summed E-state index contributed by atoms with van der Waals surface area (Å²) in [6.45, 7) is 4.25. The van der Waals surface area contributed by atoms with E-state index in [2.05, 4.69) is 10.4 Å². The van der Waals surface area contributed by atoms with Gasteiger partial charge < -0.3 is 15.8 Å². The number of carbonyl (C=O) groups is 1. The van der Waals surface area contributed by atoms with Gasteiger partial charge in [0, 0.05) is 12.3 Å². The van der Waals surface area contributed by atoms with Gasteiger partial charge >= 0.3 is 0 Å². The average Bonchev–Trinajstić information content (AvgIpc) is 2.94. The molecule has 7 nitrogen and oxygen atoms in total. The highest BCUT2D eigenvalue weighted by atomic mass is 16.5. The van der Waals surface area contributed by atoms with E-state index in [-0.39, 0.29) is 11.7 Å². The summed E-state index contributed by atoms with van der Waals surface area (Å²) in [5.74, 6) is 0.110.